The molecule has 0 aromatic rings. The first-order valence-electron chi connectivity index (χ1n) is 10.4. The molecule has 0 fully saturated rings. The Hall–Kier alpha value is -2.29. The van der Waals surface area contributed by atoms with Crippen molar-refractivity contribution >= 4 is 17.9 Å². The van der Waals surface area contributed by atoms with Crippen molar-refractivity contribution < 1.29 is 45.8 Å². The van der Waals surface area contributed by atoms with Gasteiger partial charge in [-0.15, -0.1) is 0 Å². The van der Waals surface area contributed by atoms with E-state index in [-0.39, 0.29) is 19.6 Å². The molecule has 0 radical (unpaired) electrons. The van der Waals surface area contributed by atoms with Crippen LogP contribution in [0.3, 0.4) is 0 Å². The molecular weight excluding hydrogens is 464 g/mol. The zero-order chi connectivity index (χ0) is 25.3. The normalized spacial score (nSPS) is 11.8. The van der Waals surface area contributed by atoms with Crippen molar-refractivity contribution in [2.75, 3.05) is 52.4 Å². The predicted molar refractivity (Wildman–Crippen MR) is 107 cm³/mol. The number of carboxylic acid groups (broad SMARTS) is 1. The number of rotatable bonds is 17. The summed E-state index contributed by atoms with van der Waals surface area (Å²) in [6, 6.07) is 0. The molecule has 0 spiro atoms. The third kappa shape index (κ3) is 16.9. The fourth-order valence-corrected chi connectivity index (χ4v) is 2.53. The highest BCUT2D eigenvalue weighted by Gasteiger charge is 2.38. The molecule has 0 aliphatic heterocycles. The summed E-state index contributed by atoms with van der Waals surface area (Å²) in [5.74, 6) is -3.95. The van der Waals surface area contributed by atoms with Gasteiger partial charge in [0.15, 0.2) is 0 Å². The van der Waals surface area contributed by atoms with Crippen LogP contribution in [-0.4, -0.2) is 92.6 Å². The minimum atomic E-state index is -4.90. The monoisotopic (exact) mass is 495 g/mol. The van der Waals surface area contributed by atoms with Gasteiger partial charge in [0.2, 0.25) is 0 Å². The lowest BCUT2D eigenvalue weighted by atomic mass is 10.2. The third-order valence-corrected chi connectivity index (χ3v) is 4.23. The average Bonchev–Trinajstić information content (AvgIpc) is 2.70. The van der Waals surface area contributed by atoms with E-state index in [1.54, 1.807) is 10.6 Å². The summed E-state index contributed by atoms with van der Waals surface area (Å²) >= 11 is 0. The van der Waals surface area contributed by atoms with Gasteiger partial charge in [-0.25, -0.2) is 4.79 Å². The Morgan fingerprint density at radius 2 is 1.00 bits per heavy atom. The van der Waals surface area contributed by atoms with Gasteiger partial charge in [0, 0.05) is 26.2 Å². The maximum Gasteiger partial charge on any atom is 0.471 e. The molecule has 0 heterocycles. The molecule has 5 N–H and O–H groups in total. The van der Waals surface area contributed by atoms with Crippen molar-refractivity contribution in [2.24, 2.45) is 0 Å². The molecule has 0 saturated carbocycles. The first-order chi connectivity index (χ1) is 15.4. The smallest absolute Gasteiger partial charge is 0.465 e. The number of carbonyl (C=O) groups excluding carboxylic acids is 2. The SMILES string of the molecule is O=C(O)N(CCCCNCCCNC(=O)C(F)(F)F)CCCNCCCNC(=O)C(F)(F)F. The van der Waals surface area contributed by atoms with Crippen molar-refractivity contribution in [2.45, 2.75) is 44.5 Å². The first kappa shape index (κ1) is 30.7. The van der Waals surface area contributed by atoms with Gasteiger partial charge in [-0.05, 0) is 58.3 Å². The first-order valence-corrected chi connectivity index (χ1v) is 10.4. The topological polar surface area (TPSA) is 123 Å². The number of alkyl halides is 6. The minimum absolute atomic E-state index is 0.103. The largest absolute Gasteiger partial charge is 0.471 e. The Kier molecular flexibility index (Phi) is 15.2. The maximum absolute atomic E-state index is 12.0. The molecule has 0 unspecified atom stereocenters. The van der Waals surface area contributed by atoms with Crippen LogP contribution in [0.1, 0.15) is 32.1 Å². The van der Waals surface area contributed by atoms with Gasteiger partial charge < -0.3 is 31.3 Å². The number of carbonyl (C=O) groups is 3. The second-order valence-corrected chi connectivity index (χ2v) is 7.04. The molecule has 3 amide bonds. The average molecular weight is 495 g/mol. The third-order valence-electron chi connectivity index (χ3n) is 4.23. The van der Waals surface area contributed by atoms with E-state index >= 15 is 0 Å². The molecule has 0 aliphatic rings. The van der Waals surface area contributed by atoms with Crippen molar-refractivity contribution in [3.05, 3.63) is 0 Å². The maximum atomic E-state index is 12.0. The van der Waals surface area contributed by atoms with Crippen LogP contribution in [0.4, 0.5) is 31.1 Å². The summed E-state index contributed by atoms with van der Waals surface area (Å²) in [5.41, 5.74) is 0. The molecule has 0 rings (SSSR count). The molecule has 0 bridgehead atoms. The van der Waals surface area contributed by atoms with E-state index < -0.39 is 30.3 Å². The second kappa shape index (κ2) is 16.3. The summed E-state index contributed by atoms with van der Waals surface area (Å²) in [5, 5.41) is 18.7. The Labute approximate surface area is 187 Å². The molecular formula is C18H31F6N5O4. The highest BCUT2D eigenvalue weighted by atomic mass is 19.4. The van der Waals surface area contributed by atoms with E-state index in [9.17, 15) is 45.8 Å². The Morgan fingerprint density at radius 1 is 0.606 bits per heavy atom. The van der Waals surface area contributed by atoms with E-state index in [0.717, 1.165) is 0 Å². The summed E-state index contributed by atoms with van der Waals surface area (Å²) in [4.78, 5) is 33.7. The zero-order valence-corrected chi connectivity index (χ0v) is 18.1. The predicted octanol–water partition coefficient (Wildman–Crippen LogP) is 1.45. The standard InChI is InChI=1S/C18H31F6N5O4/c19-17(20,21)14(30)27-10-3-7-25-6-1-2-12-29(16(32)33)13-5-9-26-8-4-11-28-15(31)18(22,23)24/h25-26H,1-13H2,(H,27,30)(H,28,31)(H,32,33). The van der Waals surface area contributed by atoms with Crippen LogP contribution in [0, 0.1) is 0 Å². The van der Waals surface area contributed by atoms with E-state index in [2.05, 4.69) is 10.6 Å². The van der Waals surface area contributed by atoms with Gasteiger partial charge in [0.25, 0.3) is 0 Å². The molecule has 0 aromatic heterocycles. The van der Waals surface area contributed by atoms with Crippen LogP contribution in [-0.2, 0) is 9.59 Å². The number of halogens is 6. The van der Waals surface area contributed by atoms with Crippen molar-refractivity contribution in [3.63, 3.8) is 0 Å². The van der Waals surface area contributed by atoms with Gasteiger partial charge in [0.1, 0.15) is 0 Å². The van der Waals surface area contributed by atoms with Crippen molar-refractivity contribution in [1.29, 1.82) is 0 Å². The molecule has 15 heteroatoms. The van der Waals surface area contributed by atoms with E-state index in [1.807, 2.05) is 0 Å². The second-order valence-electron chi connectivity index (χ2n) is 7.04. The summed E-state index contributed by atoms with van der Waals surface area (Å²) in [7, 11) is 0. The van der Waals surface area contributed by atoms with Crippen LogP contribution in [0.25, 0.3) is 0 Å². The molecule has 194 valence electrons. The number of nitrogens with zero attached hydrogens (tertiary/aromatic N) is 1. The van der Waals surface area contributed by atoms with Crippen LogP contribution in [0.2, 0.25) is 0 Å². The van der Waals surface area contributed by atoms with Gasteiger partial charge in [-0.1, -0.05) is 0 Å². The van der Waals surface area contributed by atoms with Crippen molar-refractivity contribution in [3.8, 4) is 0 Å². The lowest BCUT2D eigenvalue weighted by Crippen LogP contribution is -2.38. The van der Waals surface area contributed by atoms with Gasteiger partial charge in [0.05, 0.1) is 0 Å². The van der Waals surface area contributed by atoms with E-state index in [0.29, 0.717) is 64.8 Å². The van der Waals surface area contributed by atoms with Gasteiger partial charge in [-0.2, -0.15) is 26.3 Å². The van der Waals surface area contributed by atoms with E-state index in [4.69, 9.17) is 0 Å². The Balaban J connectivity index is 3.67. The van der Waals surface area contributed by atoms with Crippen LogP contribution in [0.15, 0.2) is 0 Å². The lowest BCUT2D eigenvalue weighted by Gasteiger charge is -2.19. The minimum Gasteiger partial charge on any atom is -0.465 e. The number of nitrogens with one attached hydrogen (secondary N) is 4. The highest BCUT2D eigenvalue weighted by molar-refractivity contribution is 5.81. The molecule has 0 aliphatic carbocycles. The molecule has 9 nitrogen and oxygen atoms in total. The summed E-state index contributed by atoms with van der Waals surface area (Å²) < 4.78 is 71.9. The number of amides is 3. The molecule has 0 aromatic carbocycles. The number of hydrogen-bond donors (Lipinski definition) is 5. The van der Waals surface area contributed by atoms with E-state index in [1.165, 1.54) is 4.90 Å². The van der Waals surface area contributed by atoms with Crippen molar-refractivity contribution in [1.82, 2.24) is 26.2 Å². The fourth-order valence-electron chi connectivity index (χ4n) is 2.53. The Morgan fingerprint density at radius 3 is 1.42 bits per heavy atom. The Bertz CT molecular complexity index is 590. The summed E-state index contributed by atoms with van der Waals surface area (Å²) in [6.45, 7) is 2.15. The number of unbranched alkanes of at least 4 members (excludes halogenated alkanes) is 1. The quantitative estimate of drug-likeness (QED) is 0.154. The van der Waals surface area contributed by atoms with Crippen LogP contribution >= 0.6 is 0 Å². The van der Waals surface area contributed by atoms with Crippen LogP contribution in [0.5, 0.6) is 0 Å². The van der Waals surface area contributed by atoms with Gasteiger partial charge in [-0.3, -0.25) is 9.59 Å². The van der Waals surface area contributed by atoms with Crippen LogP contribution < -0.4 is 21.3 Å². The van der Waals surface area contributed by atoms with Gasteiger partial charge >= 0.3 is 30.3 Å². The molecule has 33 heavy (non-hydrogen) atoms. The molecule has 0 saturated heterocycles. The zero-order valence-electron chi connectivity index (χ0n) is 18.1. The highest BCUT2D eigenvalue weighted by Crippen LogP contribution is 2.14. The number of hydrogen-bond acceptors (Lipinski definition) is 5. The molecule has 0 atom stereocenters. The lowest BCUT2D eigenvalue weighted by molar-refractivity contribution is -0.173. The fraction of sp³-hybridized carbons (Fsp3) is 0.833. The summed E-state index contributed by atoms with van der Waals surface area (Å²) in [6.07, 6.45) is -8.50.